The molecule has 0 aliphatic heterocycles. The molecule has 3 N–H and O–H groups in total. The Morgan fingerprint density at radius 3 is 2.54 bits per heavy atom. The fourth-order valence-corrected chi connectivity index (χ4v) is 2.60. The molecule has 1 amide bonds. The number of benzene rings is 1. The second-order valence-electron chi connectivity index (χ2n) is 7.09. The van der Waals surface area contributed by atoms with Gasteiger partial charge in [0.2, 0.25) is 5.43 Å². The van der Waals surface area contributed by atoms with Gasteiger partial charge in [-0.15, -0.1) is 0 Å². The van der Waals surface area contributed by atoms with Crippen molar-refractivity contribution >= 4 is 22.5 Å². The van der Waals surface area contributed by atoms with Crippen LogP contribution in [0.25, 0.3) is 10.9 Å². The maximum atomic E-state index is 12.8. The normalized spacial score (nSPS) is 11.4. The highest BCUT2D eigenvalue weighted by Crippen LogP contribution is 2.19. The van der Waals surface area contributed by atoms with Crippen LogP contribution in [-0.4, -0.2) is 17.0 Å². The Morgan fingerprint density at radius 2 is 1.92 bits per heavy atom. The summed E-state index contributed by atoms with van der Waals surface area (Å²) < 4.78 is 1.97. The van der Waals surface area contributed by atoms with Crippen molar-refractivity contribution in [3.8, 4) is 0 Å². The summed E-state index contributed by atoms with van der Waals surface area (Å²) in [7, 11) is 0. The average Bonchev–Trinajstić information content (AvgIpc) is 2.51. The summed E-state index contributed by atoms with van der Waals surface area (Å²) in [6.45, 7) is 9.60. The molecule has 0 bridgehead atoms. The molecule has 1 heterocycles. The lowest BCUT2D eigenvalue weighted by molar-refractivity contribution is 0.0947. The standard InChI is InChI=1S/C19H27N3O2/c1-12(2)8-9-22-11-14(19(24)21-10-13(3)4)18(23)17-15(20)6-5-7-16(17)22/h5-7,11-13H,8-10,20H2,1-4H3,(H,21,24). The topological polar surface area (TPSA) is 77.1 Å². The van der Waals surface area contributed by atoms with Crippen molar-refractivity contribution in [3.63, 3.8) is 0 Å². The van der Waals surface area contributed by atoms with Gasteiger partial charge in [0.05, 0.1) is 10.9 Å². The van der Waals surface area contributed by atoms with Crippen molar-refractivity contribution in [2.24, 2.45) is 11.8 Å². The van der Waals surface area contributed by atoms with Gasteiger partial charge >= 0.3 is 0 Å². The van der Waals surface area contributed by atoms with E-state index in [1.807, 2.05) is 30.5 Å². The Kier molecular flexibility index (Phi) is 5.65. The van der Waals surface area contributed by atoms with Crippen LogP contribution in [0, 0.1) is 11.8 Å². The molecule has 1 aromatic carbocycles. The van der Waals surface area contributed by atoms with Gasteiger partial charge in [-0.25, -0.2) is 0 Å². The highest BCUT2D eigenvalue weighted by molar-refractivity contribution is 6.00. The molecule has 0 unspecified atom stereocenters. The first-order valence-corrected chi connectivity index (χ1v) is 8.51. The molecule has 5 heteroatoms. The molecule has 0 fully saturated rings. The van der Waals surface area contributed by atoms with E-state index in [9.17, 15) is 9.59 Å². The molecule has 0 saturated carbocycles. The number of carbonyl (C=O) groups excluding carboxylic acids is 1. The van der Waals surface area contributed by atoms with Crippen LogP contribution in [-0.2, 0) is 6.54 Å². The lowest BCUT2D eigenvalue weighted by Gasteiger charge is -2.16. The molecular formula is C19H27N3O2. The summed E-state index contributed by atoms with van der Waals surface area (Å²) in [5.74, 6) is 0.513. The first-order valence-electron chi connectivity index (χ1n) is 8.51. The zero-order chi connectivity index (χ0) is 17.9. The van der Waals surface area contributed by atoms with Crippen LogP contribution in [0.2, 0.25) is 0 Å². The highest BCUT2D eigenvalue weighted by Gasteiger charge is 2.17. The summed E-state index contributed by atoms with van der Waals surface area (Å²) in [5.41, 5.74) is 7.07. The molecule has 130 valence electrons. The van der Waals surface area contributed by atoms with Crippen molar-refractivity contribution in [1.29, 1.82) is 0 Å². The van der Waals surface area contributed by atoms with E-state index in [4.69, 9.17) is 5.73 Å². The first kappa shape index (κ1) is 18.0. The van der Waals surface area contributed by atoms with E-state index in [-0.39, 0.29) is 16.9 Å². The number of nitrogen functional groups attached to an aromatic ring is 1. The Morgan fingerprint density at radius 1 is 1.21 bits per heavy atom. The minimum absolute atomic E-state index is 0.157. The summed E-state index contributed by atoms with van der Waals surface area (Å²) >= 11 is 0. The molecule has 24 heavy (non-hydrogen) atoms. The number of amides is 1. The number of fused-ring (bicyclic) bond motifs is 1. The van der Waals surface area contributed by atoms with E-state index in [1.54, 1.807) is 12.3 Å². The Hall–Kier alpha value is -2.30. The van der Waals surface area contributed by atoms with Gasteiger partial charge in [0.1, 0.15) is 5.56 Å². The fourth-order valence-electron chi connectivity index (χ4n) is 2.60. The minimum Gasteiger partial charge on any atom is -0.398 e. The van der Waals surface area contributed by atoms with Crippen LogP contribution in [0.15, 0.2) is 29.2 Å². The van der Waals surface area contributed by atoms with E-state index < -0.39 is 0 Å². The van der Waals surface area contributed by atoms with Gasteiger partial charge in [-0.05, 0) is 30.4 Å². The van der Waals surface area contributed by atoms with Gasteiger partial charge in [0, 0.05) is 25.0 Å². The Bertz CT molecular complexity index is 791. The predicted octanol–water partition coefficient (Wildman–Crippen LogP) is 3.02. The summed E-state index contributed by atoms with van der Waals surface area (Å²) in [6.07, 6.45) is 2.63. The predicted molar refractivity (Wildman–Crippen MR) is 99.2 cm³/mol. The van der Waals surface area contributed by atoms with E-state index >= 15 is 0 Å². The van der Waals surface area contributed by atoms with Crippen molar-refractivity contribution in [2.75, 3.05) is 12.3 Å². The highest BCUT2D eigenvalue weighted by atomic mass is 16.2. The van der Waals surface area contributed by atoms with Crippen LogP contribution in [0.4, 0.5) is 5.69 Å². The number of nitrogens with zero attached hydrogens (tertiary/aromatic N) is 1. The van der Waals surface area contributed by atoms with Gasteiger partial charge in [-0.3, -0.25) is 9.59 Å². The number of hydrogen-bond donors (Lipinski definition) is 2. The zero-order valence-corrected chi connectivity index (χ0v) is 14.9. The smallest absolute Gasteiger partial charge is 0.256 e. The second kappa shape index (κ2) is 7.51. The van der Waals surface area contributed by atoms with Crippen LogP contribution in [0.3, 0.4) is 0 Å². The number of aryl methyl sites for hydroxylation is 1. The molecule has 0 spiro atoms. The van der Waals surface area contributed by atoms with Crippen molar-refractivity contribution in [1.82, 2.24) is 9.88 Å². The Balaban J connectivity index is 2.55. The maximum absolute atomic E-state index is 12.8. The lowest BCUT2D eigenvalue weighted by Crippen LogP contribution is -2.32. The first-order chi connectivity index (χ1) is 11.3. The third-order valence-electron chi connectivity index (χ3n) is 4.00. The van der Waals surface area contributed by atoms with Crippen molar-refractivity contribution in [3.05, 3.63) is 40.2 Å². The monoisotopic (exact) mass is 329 g/mol. The van der Waals surface area contributed by atoms with Crippen molar-refractivity contribution in [2.45, 2.75) is 40.7 Å². The quantitative estimate of drug-likeness (QED) is 0.800. The summed E-state index contributed by atoms with van der Waals surface area (Å²) in [6, 6.07) is 5.41. The minimum atomic E-state index is -0.336. The Labute approximate surface area is 142 Å². The molecule has 0 radical (unpaired) electrons. The second-order valence-corrected chi connectivity index (χ2v) is 7.09. The van der Waals surface area contributed by atoms with E-state index in [0.717, 1.165) is 18.5 Å². The largest absolute Gasteiger partial charge is 0.398 e. The van der Waals surface area contributed by atoms with Gasteiger partial charge in [-0.1, -0.05) is 33.8 Å². The third kappa shape index (κ3) is 3.96. The number of anilines is 1. The van der Waals surface area contributed by atoms with Gasteiger partial charge in [0.25, 0.3) is 5.91 Å². The fraction of sp³-hybridized carbons (Fsp3) is 0.474. The number of nitrogens with one attached hydrogen (secondary N) is 1. The van der Waals surface area contributed by atoms with Crippen LogP contribution >= 0.6 is 0 Å². The molecule has 2 rings (SSSR count). The molecule has 0 aliphatic carbocycles. The van der Waals surface area contributed by atoms with Gasteiger partial charge in [-0.2, -0.15) is 0 Å². The number of pyridine rings is 1. The summed E-state index contributed by atoms with van der Waals surface area (Å²) in [5, 5.41) is 3.25. The molecule has 0 saturated heterocycles. The van der Waals surface area contributed by atoms with Crippen LogP contribution < -0.4 is 16.5 Å². The van der Waals surface area contributed by atoms with E-state index in [1.165, 1.54) is 0 Å². The molecule has 2 aromatic rings. The average molecular weight is 329 g/mol. The molecule has 1 aromatic heterocycles. The van der Waals surface area contributed by atoms with E-state index in [2.05, 4.69) is 19.2 Å². The summed E-state index contributed by atoms with van der Waals surface area (Å²) in [4.78, 5) is 25.2. The lowest BCUT2D eigenvalue weighted by atomic mass is 10.1. The zero-order valence-electron chi connectivity index (χ0n) is 14.9. The third-order valence-corrected chi connectivity index (χ3v) is 4.00. The number of nitrogens with two attached hydrogens (primary N) is 1. The van der Waals surface area contributed by atoms with E-state index in [0.29, 0.717) is 29.5 Å². The number of carbonyl (C=O) groups is 1. The SMILES string of the molecule is CC(C)CCn1cc(C(=O)NCC(C)C)c(=O)c2c(N)cccc21. The molecule has 5 nitrogen and oxygen atoms in total. The van der Waals surface area contributed by atoms with Crippen LogP contribution in [0.5, 0.6) is 0 Å². The van der Waals surface area contributed by atoms with Crippen molar-refractivity contribution < 1.29 is 4.79 Å². The van der Waals surface area contributed by atoms with Gasteiger partial charge in [0.15, 0.2) is 0 Å². The molecule has 0 atom stereocenters. The number of hydrogen-bond acceptors (Lipinski definition) is 3. The van der Waals surface area contributed by atoms with Crippen LogP contribution in [0.1, 0.15) is 44.5 Å². The van der Waals surface area contributed by atoms with Gasteiger partial charge < -0.3 is 15.6 Å². The molecule has 0 aliphatic rings. The number of rotatable bonds is 6. The number of aromatic nitrogens is 1. The maximum Gasteiger partial charge on any atom is 0.256 e. The molecular weight excluding hydrogens is 302 g/mol.